The molecule has 0 fully saturated rings. The first-order chi connectivity index (χ1) is 13.8. The lowest BCUT2D eigenvalue weighted by Crippen LogP contribution is -1.73. The fourth-order valence-corrected chi connectivity index (χ4v) is 5.85. The zero-order chi connectivity index (χ0) is 18.2. The van der Waals surface area contributed by atoms with Crippen molar-refractivity contribution in [3.63, 3.8) is 0 Å². The van der Waals surface area contributed by atoms with Gasteiger partial charge in [0.05, 0.1) is 0 Å². The number of nitrogens with one attached hydrogen (secondary N) is 1. The fraction of sp³-hybridized carbons (Fsp3) is 0. The molecule has 0 aliphatic rings. The lowest BCUT2D eigenvalue weighted by atomic mass is 10.0. The zero-order valence-corrected chi connectivity index (χ0v) is 15.8. The molecule has 0 aliphatic heterocycles. The van der Waals surface area contributed by atoms with E-state index in [0.29, 0.717) is 0 Å². The van der Waals surface area contributed by atoms with Gasteiger partial charge in [0.1, 0.15) is 0 Å². The van der Waals surface area contributed by atoms with Crippen molar-refractivity contribution in [2.45, 2.75) is 0 Å². The van der Waals surface area contributed by atoms with Crippen molar-refractivity contribution in [1.82, 2.24) is 4.98 Å². The predicted octanol–water partition coefficient (Wildman–Crippen LogP) is 8.00. The third-order valence-corrected chi connectivity index (χ3v) is 7.15. The van der Waals surface area contributed by atoms with Gasteiger partial charge < -0.3 is 4.98 Å². The van der Waals surface area contributed by atoms with Crippen LogP contribution in [0.3, 0.4) is 0 Å². The highest BCUT2D eigenvalue weighted by atomic mass is 32.1. The Bertz CT molecular complexity index is 1710. The van der Waals surface area contributed by atoms with E-state index in [1.807, 2.05) is 11.3 Å². The number of thiophene rings is 1. The van der Waals surface area contributed by atoms with E-state index in [9.17, 15) is 0 Å². The maximum Gasteiger partial charge on any atom is 0.0472 e. The molecule has 1 N–H and O–H groups in total. The molecule has 0 spiro atoms. The molecule has 0 aliphatic carbocycles. The summed E-state index contributed by atoms with van der Waals surface area (Å²) in [6.45, 7) is 0. The van der Waals surface area contributed by atoms with Gasteiger partial charge in [-0.1, -0.05) is 60.7 Å². The fourth-order valence-electron chi connectivity index (χ4n) is 4.59. The van der Waals surface area contributed by atoms with Crippen molar-refractivity contribution in [2.24, 2.45) is 0 Å². The van der Waals surface area contributed by atoms with E-state index in [2.05, 4.69) is 89.9 Å². The number of aromatic amines is 1. The molecule has 2 aromatic heterocycles. The molecular weight excluding hydrogens is 358 g/mol. The summed E-state index contributed by atoms with van der Waals surface area (Å²) in [5.41, 5.74) is 2.42. The predicted molar refractivity (Wildman–Crippen MR) is 124 cm³/mol. The number of benzene rings is 5. The average Bonchev–Trinajstić information content (AvgIpc) is 3.27. The van der Waals surface area contributed by atoms with E-state index in [1.54, 1.807) is 0 Å². The second kappa shape index (κ2) is 5.12. The summed E-state index contributed by atoms with van der Waals surface area (Å²) in [6.07, 6.45) is 0. The van der Waals surface area contributed by atoms with Crippen LogP contribution in [0.15, 0.2) is 84.9 Å². The summed E-state index contributed by atoms with van der Waals surface area (Å²) in [4.78, 5) is 3.66. The first-order valence-corrected chi connectivity index (χ1v) is 10.3. The molecule has 7 rings (SSSR count). The van der Waals surface area contributed by atoms with E-state index in [4.69, 9.17) is 0 Å². The van der Waals surface area contributed by atoms with Crippen LogP contribution < -0.4 is 0 Å². The monoisotopic (exact) mass is 373 g/mol. The third-order valence-electron chi connectivity index (χ3n) is 5.95. The average molecular weight is 373 g/mol. The zero-order valence-electron chi connectivity index (χ0n) is 15.0. The molecule has 2 heterocycles. The number of H-pyrrole nitrogens is 1. The summed E-state index contributed by atoms with van der Waals surface area (Å²) in [7, 11) is 0. The van der Waals surface area contributed by atoms with Gasteiger partial charge in [-0.15, -0.1) is 11.3 Å². The second-order valence-corrected chi connectivity index (χ2v) is 8.58. The van der Waals surface area contributed by atoms with E-state index in [-0.39, 0.29) is 0 Å². The molecule has 2 heteroatoms. The molecule has 0 radical (unpaired) electrons. The van der Waals surface area contributed by atoms with Crippen LogP contribution in [0, 0.1) is 0 Å². The second-order valence-electron chi connectivity index (χ2n) is 7.53. The van der Waals surface area contributed by atoms with E-state index in [1.165, 1.54) is 63.5 Å². The van der Waals surface area contributed by atoms with Gasteiger partial charge in [-0.3, -0.25) is 0 Å². The molecule has 5 aromatic carbocycles. The highest BCUT2D eigenvalue weighted by molar-refractivity contribution is 7.26. The topological polar surface area (TPSA) is 15.8 Å². The van der Waals surface area contributed by atoms with Gasteiger partial charge in [0.15, 0.2) is 0 Å². The number of fused-ring (bicyclic) bond motifs is 9. The molecule has 28 heavy (non-hydrogen) atoms. The molecule has 1 nitrogen and oxygen atoms in total. The number of hydrogen-bond donors (Lipinski definition) is 1. The first kappa shape index (κ1) is 14.7. The van der Waals surface area contributed by atoms with Crippen LogP contribution in [0.25, 0.3) is 63.5 Å². The molecule has 0 unspecified atom stereocenters. The Morgan fingerprint density at radius 2 is 1.21 bits per heavy atom. The van der Waals surface area contributed by atoms with Crippen LogP contribution in [0.5, 0.6) is 0 Å². The molecule has 7 aromatic rings. The summed E-state index contributed by atoms with van der Waals surface area (Å²) >= 11 is 1.91. The van der Waals surface area contributed by atoms with Crippen LogP contribution in [0.2, 0.25) is 0 Å². The van der Waals surface area contributed by atoms with Gasteiger partial charge in [0.25, 0.3) is 0 Å². The Balaban J connectivity index is 1.64. The minimum atomic E-state index is 1.21. The number of rotatable bonds is 0. The normalized spacial score (nSPS) is 12.3. The van der Waals surface area contributed by atoms with Gasteiger partial charge in [-0.2, -0.15) is 0 Å². The van der Waals surface area contributed by atoms with E-state index >= 15 is 0 Å². The van der Waals surface area contributed by atoms with Crippen molar-refractivity contribution in [1.29, 1.82) is 0 Å². The maximum atomic E-state index is 3.66. The SMILES string of the molecule is c1ccc2cc3c(cc2c1)[nH]c1cc2c(cc13)sc1c3ccccc3ccc21. The third kappa shape index (κ3) is 1.85. The summed E-state index contributed by atoms with van der Waals surface area (Å²) < 4.78 is 2.74. The van der Waals surface area contributed by atoms with Gasteiger partial charge in [-0.05, 0) is 45.8 Å². The van der Waals surface area contributed by atoms with Crippen molar-refractivity contribution >= 4 is 74.9 Å². The molecule has 0 bridgehead atoms. The lowest BCUT2D eigenvalue weighted by molar-refractivity contribution is 1.56. The standard InChI is InChI=1S/C26H15NS/c1-2-7-17-12-23-20(11-16(17)6-1)21-14-25-22(13-24(21)27-23)19-10-9-15-5-3-4-8-18(15)26(19)28-25/h1-14,27H. The van der Waals surface area contributed by atoms with Crippen LogP contribution in [-0.2, 0) is 0 Å². The van der Waals surface area contributed by atoms with E-state index in [0.717, 1.165) is 0 Å². The van der Waals surface area contributed by atoms with Crippen LogP contribution in [0.4, 0.5) is 0 Å². The van der Waals surface area contributed by atoms with Gasteiger partial charge in [0, 0.05) is 42.0 Å². The summed E-state index contributed by atoms with van der Waals surface area (Å²) in [5.74, 6) is 0. The Kier molecular flexibility index (Phi) is 2.68. The lowest BCUT2D eigenvalue weighted by Gasteiger charge is -1.98. The Hall–Kier alpha value is -3.36. The number of hydrogen-bond acceptors (Lipinski definition) is 1. The van der Waals surface area contributed by atoms with E-state index < -0.39 is 0 Å². The van der Waals surface area contributed by atoms with Crippen LogP contribution in [-0.4, -0.2) is 4.98 Å². The van der Waals surface area contributed by atoms with Gasteiger partial charge in [-0.25, -0.2) is 0 Å². The maximum absolute atomic E-state index is 3.66. The Labute approximate surface area is 164 Å². The number of aromatic nitrogens is 1. The summed E-state index contributed by atoms with van der Waals surface area (Å²) in [6, 6.07) is 31.1. The Morgan fingerprint density at radius 3 is 2.11 bits per heavy atom. The molecule has 0 saturated carbocycles. The largest absolute Gasteiger partial charge is 0.354 e. The van der Waals surface area contributed by atoms with Crippen LogP contribution >= 0.6 is 11.3 Å². The molecule has 130 valence electrons. The van der Waals surface area contributed by atoms with Gasteiger partial charge >= 0.3 is 0 Å². The summed E-state index contributed by atoms with van der Waals surface area (Å²) in [5, 5.41) is 10.5. The van der Waals surface area contributed by atoms with Gasteiger partial charge in [0.2, 0.25) is 0 Å². The van der Waals surface area contributed by atoms with Crippen molar-refractivity contribution < 1.29 is 0 Å². The smallest absolute Gasteiger partial charge is 0.0472 e. The minimum absolute atomic E-state index is 1.21. The van der Waals surface area contributed by atoms with Crippen molar-refractivity contribution in [2.75, 3.05) is 0 Å². The first-order valence-electron chi connectivity index (χ1n) is 9.53. The molecule has 0 atom stereocenters. The highest BCUT2D eigenvalue weighted by Crippen LogP contribution is 2.41. The Morgan fingerprint density at radius 1 is 0.500 bits per heavy atom. The van der Waals surface area contributed by atoms with Crippen molar-refractivity contribution in [3.8, 4) is 0 Å². The molecule has 0 saturated heterocycles. The minimum Gasteiger partial charge on any atom is -0.354 e. The molecule has 0 amide bonds. The molecular formula is C26H15NS. The quantitative estimate of drug-likeness (QED) is 0.277. The van der Waals surface area contributed by atoms with Crippen LogP contribution in [0.1, 0.15) is 0 Å². The highest BCUT2D eigenvalue weighted by Gasteiger charge is 2.12. The van der Waals surface area contributed by atoms with Crippen molar-refractivity contribution in [3.05, 3.63) is 84.9 Å².